The molecule has 0 aliphatic heterocycles. The van der Waals surface area contributed by atoms with Crippen molar-refractivity contribution in [1.29, 1.82) is 0 Å². The van der Waals surface area contributed by atoms with Gasteiger partial charge in [-0.2, -0.15) is 0 Å². The quantitative estimate of drug-likeness (QED) is 0.410. The molecule has 0 atom stereocenters. The molecule has 0 aromatic heterocycles. The number of hydrogen-bond donors (Lipinski definition) is 0. The van der Waals surface area contributed by atoms with E-state index in [1.807, 2.05) is 0 Å². The Kier molecular flexibility index (Phi) is 186. The first-order valence-corrected chi connectivity index (χ1v) is 0. The first-order valence-electron chi connectivity index (χ1n) is 0. The summed E-state index contributed by atoms with van der Waals surface area (Å²) in [5.41, 5.74) is 0. The van der Waals surface area contributed by atoms with Crippen molar-refractivity contribution in [2.45, 2.75) is 0 Å². The summed E-state index contributed by atoms with van der Waals surface area (Å²) in [7, 11) is 0. The molecule has 0 N–H and O–H groups in total. The van der Waals surface area contributed by atoms with E-state index in [4.69, 9.17) is 0 Å². The third-order valence-corrected chi connectivity index (χ3v) is 0. The zero-order chi connectivity index (χ0) is 0. The van der Waals surface area contributed by atoms with Crippen molar-refractivity contribution in [1.82, 2.24) is 0 Å². The van der Waals surface area contributed by atoms with Crippen molar-refractivity contribution in [3.8, 4) is 0 Å². The van der Waals surface area contributed by atoms with Gasteiger partial charge in [-0.15, -0.1) is 0 Å². The smallest absolute Gasteiger partial charge is 0.0125 e. The van der Waals surface area contributed by atoms with Gasteiger partial charge >= 0.3 is 0 Å². The van der Waals surface area contributed by atoms with Crippen LogP contribution in [0.15, 0.2) is 0 Å². The first kappa shape index (κ1) is 37.4. The molecule has 0 saturated carbocycles. The van der Waals surface area contributed by atoms with Crippen LogP contribution < -0.4 is 0 Å². The van der Waals surface area contributed by atoms with Gasteiger partial charge in [0, 0.05) is 39.4 Å². The largest absolute Gasteiger partial charge is 0.187 e. The molecule has 0 unspecified atom stereocenters. The van der Waals surface area contributed by atoms with Crippen LogP contribution in [-0.2, 0) is 39.4 Å². The monoisotopic (exact) mass is 231 g/mol. The standard InChI is InChI=1S/Ag.Al.Cu.H3Si.3H/h;;;1H3;;;. The maximum Gasteiger partial charge on any atom is 0.187 e. The van der Waals surface area contributed by atoms with Crippen molar-refractivity contribution in [3.05, 3.63) is 0 Å². The van der Waals surface area contributed by atoms with Crippen LogP contribution in [-0.4, -0.2) is 28.3 Å². The van der Waals surface area contributed by atoms with Gasteiger partial charge in [0.1, 0.15) is 0 Å². The fourth-order valence-corrected chi connectivity index (χ4v) is 0. The SMILES string of the molecule is [Ag].[AlH3].[Cu].[SiH3]. The van der Waals surface area contributed by atoms with Crippen molar-refractivity contribution in [3.63, 3.8) is 0 Å². The first-order chi connectivity index (χ1) is 0. The van der Waals surface area contributed by atoms with Gasteiger partial charge in [0.15, 0.2) is 17.4 Å². The predicted molar refractivity (Wildman–Crippen MR) is 19.9 cm³/mol. The maximum atomic E-state index is 0. The molecular weight excluding hydrogens is 226 g/mol. The van der Waals surface area contributed by atoms with Gasteiger partial charge in [0.25, 0.3) is 0 Å². The third kappa shape index (κ3) is 8.99. The van der Waals surface area contributed by atoms with Crippen LogP contribution >= 0.6 is 0 Å². The molecule has 4 heavy (non-hydrogen) atoms. The second-order valence-electron chi connectivity index (χ2n) is 0. The Morgan fingerprint density at radius 1 is 1.00 bits per heavy atom. The summed E-state index contributed by atoms with van der Waals surface area (Å²) in [5, 5.41) is 0. The summed E-state index contributed by atoms with van der Waals surface area (Å²) in [6.45, 7) is 0. The van der Waals surface area contributed by atoms with Gasteiger partial charge in [0.05, 0.1) is 0 Å². The summed E-state index contributed by atoms with van der Waals surface area (Å²) in [4.78, 5) is 0. The van der Waals surface area contributed by atoms with Crippen LogP contribution in [0.3, 0.4) is 0 Å². The van der Waals surface area contributed by atoms with Crippen molar-refractivity contribution in [2.24, 2.45) is 0 Å². The average molecular weight is 233 g/mol. The fourth-order valence-electron chi connectivity index (χ4n) is 0. The van der Waals surface area contributed by atoms with Crippen LogP contribution in [0.1, 0.15) is 0 Å². The van der Waals surface area contributed by atoms with Crippen LogP contribution in [0.5, 0.6) is 0 Å². The average Bonchev–Trinajstić information content (AvgIpc) is 0. The Morgan fingerprint density at radius 2 is 1.00 bits per heavy atom. The van der Waals surface area contributed by atoms with E-state index in [9.17, 15) is 0 Å². The predicted octanol–water partition coefficient (Wildman–Crippen LogP) is -2.37. The van der Waals surface area contributed by atoms with Crippen molar-refractivity contribution < 1.29 is 39.4 Å². The minimum absolute atomic E-state index is 0. The normalized spacial score (nSPS) is 0. The van der Waals surface area contributed by atoms with E-state index in [1.54, 1.807) is 0 Å². The second-order valence-corrected chi connectivity index (χ2v) is 0. The summed E-state index contributed by atoms with van der Waals surface area (Å²) >= 11 is 0. The molecular formula is H6AgAlCuSi. The van der Waals surface area contributed by atoms with E-state index < -0.39 is 0 Å². The minimum atomic E-state index is 0. The van der Waals surface area contributed by atoms with Crippen LogP contribution in [0.25, 0.3) is 0 Å². The summed E-state index contributed by atoms with van der Waals surface area (Å²) in [6, 6.07) is 0. The molecule has 0 rings (SSSR count). The zero-order valence-electron chi connectivity index (χ0n) is 1.60. The van der Waals surface area contributed by atoms with Gasteiger partial charge in [-0.05, 0) is 11.0 Å². The summed E-state index contributed by atoms with van der Waals surface area (Å²) in [5.74, 6) is 0. The maximum absolute atomic E-state index is 0. The molecule has 0 aromatic carbocycles. The molecule has 0 nitrogen and oxygen atoms in total. The Bertz CT molecular complexity index is 8.00. The molecule has 0 fully saturated rings. The van der Waals surface area contributed by atoms with Gasteiger partial charge < -0.3 is 0 Å². The van der Waals surface area contributed by atoms with E-state index in [2.05, 4.69) is 0 Å². The molecule has 35 valence electrons. The van der Waals surface area contributed by atoms with E-state index in [1.165, 1.54) is 0 Å². The molecule has 0 amide bonds. The Labute approximate surface area is 67.2 Å². The fraction of sp³-hybridized carbons (Fsp3) is 0. The number of hydrogen-bond acceptors (Lipinski definition) is 0. The molecule has 0 bridgehead atoms. The molecule has 0 aliphatic carbocycles. The molecule has 0 aliphatic rings. The molecule has 0 saturated heterocycles. The summed E-state index contributed by atoms with van der Waals surface area (Å²) < 4.78 is 0. The minimum Gasteiger partial charge on any atom is -0.0125 e. The molecule has 0 heterocycles. The van der Waals surface area contributed by atoms with Gasteiger partial charge in [-0.1, -0.05) is 0 Å². The third-order valence-electron chi connectivity index (χ3n) is 0. The molecule has 0 spiro atoms. The zero-order valence-corrected chi connectivity index (χ0v) is 6.03. The van der Waals surface area contributed by atoms with Crippen molar-refractivity contribution >= 4 is 28.3 Å². The second kappa shape index (κ2) is 19.9. The number of rotatable bonds is 0. The topological polar surface area (TPSA) is 0 Å². The van der Waals surface area contributed by atoms with Crippen LogP contribution in [0, 0.1) is 0 Å². The summed E-state index contributed by atoms with van der Waals surface area (Å²) in [6.07, 6.45) is 0. The Balaban J connectivity index is 0. The Morgan fingerprint density at radius 3 is 1.00 bits per heavy atom. The molecule has 3 radical (unpaired) electrons. The van der Waals surface area contributed by atoms with Gasteiger partial charge in [0.2, 0.25) is 0 Å². The molecule has 4 heteroatoms. The van der Waals surface area contributed by atoms with Gasteiger partial charge in [-0.3, -0.25) is 0 Å². The van der Waals surface area contributed by atoms with E-state index in [0.717, 1.165) is 0 Å². The van der Waals surface area contributed by atoms with Crippen LogP contribution in [0.4, 0.5) is 0 Å². The van der Waals surface area contributed by atoms with E-state index in [0.29, 0.717) is 0 Å². The van der Waals surface area contributed by atoms with E-state index >= 15 is 0 Å². The van der Waals surface area contributed by atoms with E-state index in [-0.39, 0.29) is 67.8 Å². The van der Waals surface area contributed by atoms with Gasteiger partial charge in [-0.25, -0.2) is 0 Å². The Hall–Kier alpha value is 2.01. The van der Waals surface area contributed by atoms with Crippen molar-refractivity contribution in [2.75, 3.05) is 0 Å². The molecule has 0 aromatic rings. The van der Waals surface area contributed by atoms with Crippen LogP contribution in [0.2, 0.25) is 0 Å².